The van der Waals surface area contributed by atoms with Crippen LogP contribution in [-0.4, -0.2) is 41.8 Å². The Bertz CT molecular complexity index is 1200. The molecular weight excluding hydrogens is 386 g/mol. The van der Waals surface area contributed by atoms with Crippen LogP contribution in [0.25, 0.3) is 5.82 Å². The molecule has 10 heteroatoms. The Morgan fingerprint density at radius 2 is 1.77 bits per heavy atom. The topological polar surface area (TPSA) is 117 Å². The molecule has 0 unspecified atom stereocenters. The number of hydrogen-bond acceptors (Lipinski definition) is 6. The van der Waals surface area contributed by atoms with Crippen LogP contribution in [0.3, 0.4) is 0 Å². The van der Waals surface area contributed by atoms with E-state index in [1.165, 1.54) is 21.5 Å². The van der Waals surface area contributed by atoms with Gasteiger partial charge in [0.25, 0.3) is 11.1 Å². The van der Waals surface area contributed by atoms with Crippen LogP contribution in [0.5, 0.6) is 0 Å². The van der Waals surface area contributed by atoms with E-state index in [4.69, 9.17) is 0 Å². The molecule has 0 bridgehead atoms. The van der Waals surface area contributed by atoms with E-state index in [-0.39, 0.29) is 36.7 Å². The number of amides is 1. The van der Waals surface area contributed by atoms with Gasteiger partial charge < -0.3 is 5.32 Å². The van der Waals surface area contributed by atoms with E-state index in [0.29, 0.717) is 11.7 Å². The summed E-state index contributed by atoms with van der Waals surface area (Å²) in [6.45, 7) is 4.03. The predicted octanol–water partition coefficient (Wildman–Crippen LogP) is 0.296. The van der Waals surface area contributed by atoms with Crippen LogP contribution in [0, 0.1) is 13.8 Å². The Labute approximate surface area is 172 Å². The summed E-state index contributed by atoms with van der Waals surface area (Å²) in [5.41, 5.74) is 2.02. The number of nitrogens with one attached hydrogen (secondary N) is 1. The van der Waals surface area contributed by atoms with Crippen molar-refractivity contribution in [1.29, 1.82) is 0 Å². The summed E-state index contributed by atoms with van der Waals surface area (Å²) in [5.74, 6) is 0.576. The van der Waals surface area contributed by atoms with Crippen molar-refractivity contribution in [3.05, 3.63) is 68.1 Å². The first-order valence-corrected chi connectivity index (χ1v) is 9.87. The first kappa shape index (κ1) is 19.7. The van der Waals surface area contributed by atoms with Crippen LogP contribution in [0.2, 0.25) is 0 Å². The molecule has 1 N–H and O–H groups in total. The average molecular weight is 409 g/mol. The fraction of sp³-hybridized carbons (Fsp3) is 0.400. The van der Waals surface area contributed by atoms with Crippen LogP contribution in [0.1, 0.15) is 35.8 Å². The van der Waals surface area contributed by atoms with Crippen molar-refractivity contribution in [3.63, 3.8) is 0 Å². The molecule has 1 saturated carbocycles. The highest BCUT2D eigenvalue weighted by Crippen LogP contribution is 2.38. The molecule has 3 aromatic rings. The Kier molecular flexibility index (Phi) is 5.30. The molecule has 0 aromatic carbocycles. The minimum atomic E-state index is -0.347. The zero-order chi connectivity index (χ0) is 21.3. The van der Waals surface area contributed by atoms with Gasteiger partial charge >= 0.3 is 0 Å². The Morgan fingerprint density at radius 3 is 2.47 bits per heavy atom. The molecular formula is C20H23N7O3. The van der Waals surface area contributed by atoms with Gasteiger partial charge in [-0.05, 0) is 44.9 Å². The maximum atomic E-state index is 12.2. The third-order valence-electron chi connectivity index (χ3n) is 4.90. The lowest BCUT2D eigenvalue weighted by Gasteiger charge is -2.10. The fourth-order valence-electron chi connectivity index (χ4n) is 3.24. The molecule has 3 aromatic heterocycles. The number of aryl methyl sites for hydroxylation is 2. The molecule has 30 heavy (non-hydrogen) atoms. The Hall–Kier alpha value is -3.56. The molecule has 0 aliphatic heterocycles. The number of carbonyl (C=O) groups is 1. The highest BCUT2D eigenvalue weighted by Gasteiger charge is 2.25. The molecule has 0 atom stereocenters. The minimum Gasteiger partial charge on any atom is -0.353 e. The standard InChI is InChI=1S/C20H23N7O3/c1-13-11-14(2)27(22-13)17-6-8-19(29)25(24-17)10-9-21-18(28)12-26-20(30)7-5-16(23-26)15-3-4-15/h5-8,11,15H,3-4,9-10,12H2,1-2H3,(H,21,28). The van der Waals surface area contributed by atoms with Crippen molar-refractivity contribution in [2.75, 3.05) is 6.54 Å². The van der Waals surface area contributed by atoms with Gasteiger partial charge in [-0.1, -0.05) is 0 Å². The zero-order valence-electron chi connectivity index (χ0n) is 16.9. The summed E-state index contributed by atoms with van der Waals surface area (Å²) in [6.07, 6.45) is 2.13. The lowest BCUT2D eigenvalue weighted by Crippen LogP contribution is -2.36. The van der Waals surface area contributed by atoms with Gasteiger partial charge in [-0.25, -0.2) is 14.0 Å². The van der Waals surface area contributed by atoms with Crippen molar-refractivity contribution in [3.8, 4) is 5.82 Å². The maximum absolute atomic E-state index is 12.2. The van der Waals surface area contributed by atoms with Crippen molar-refractivity contribution in [2.45, 2.75) is 45.7 Å². The van der Waals surface area contributed by atoms with Gasteiger partial charge in [0.1, 0.15) is 6.54 Å². The average Bonchev–Trinajstić information content (AvgIpc) is 3.49. The lowest BCUT2D eigenvalue weighted by molar-refractivity contribution is -0.121. The van der Waals surface area contributed by atoms with Gasteiger partial charge in [-0.2, -0.15) is 10.2 Å². The lowest BCUT2D eigenvalue weighted by atomic mass is 10.3. The maximum Gasteiger partial charge on any atom is 0.267 e. The molecule has 0 radical (unpaired) electrons. The summed E-state index contributed by atoms with van der Waals surface area (Å²) >= 11 is 0. The van der Waals surface area contributed by atoms with Crippen LogP contribution >= 0.6 is 0 Å². The van der Waals surface area contributed by atoms with E-state index in [9.17, 15) is 14.4 Å². The van der Waals surface area contributed by atoms with Crippen LogP contribution in [-0.2, 0) is 17.9 Å². The summed E-state index contributed by atoms with van der Waals surface area (Å²) in [7, 11) is 0. The molecule has 0 spiro atoms. The first-order chi connectivity index (χ1) is 14.4. The van der Waals surface area contributed by atoms with Gasteiger partial charge in [-0.15, -0.1) is 5.10 Å². The zero-order valence-corrected chi connectivity index (χ0v) is 16.9. The second-order valence-corrected chi connectivity index (χ2v) is 7.47. The highest BCUT2D eigenvalue weighted by atomic mass is 16.2. The Balaban J connectivity index is 1.38. The summed E-state index contributed by atoms with van der Waals surface area (Å²) in [5, 5.41) is 15.7. The number of aromatic nitrogens is 6. The van der Waals surface area contributed by atoms with Crippen LogP contribution < -0.4 is 16.4 Å². The summed E-state index contributed by atoms with van der Waals surface area (Å²) in [4.78, 5) is 36.3. The van der Waals surface area contributed by atoms with Gasteiger partial charge in [0.2, 0.25) is 5.91 Å². The van der Waals surface area contributed by atoms with E-state index in [0.717, 1.165) is 29.9 Å². The summed E-state index contributed by atoms with van der Waals surface area (Å²) < 4.78 is 4.12. The fourth-order valence-corrected chi connectivity index (χ4v) is 3.24. The molecule has 1 aliphatic carbocycles. The molecule has 1 aliphatic rings. The molecule has 0 saturated heterocycles. The molecule has 1 fully saturated rings. The largest absolute Gasteiger partial charge is 0.353 e. The second kappa shape index (κ2) is 8.05. The second-order valence-electron chi connectivity index (χ2n) is 7.47. The van der Waals surface area contributed by atoms with E-state index >= 15 is 0 Å². The van der Waals surface area contributed by atoms with E-state index in [1.54, 1.807) is 16.8 Å². The minimum absolute atomic E-state index is 0.159. The number of nitrogens with zero attached hydrogens (tertiary/aromatic N) is 6. The molecule has 3 heterocycles. The van der Waals surface area contributed by atoms with E-state index < -0.39 is 0 Å². The van der Waals surface area contributed by atoms with Gasteiger partial charge in [0.15, 0.2) is 5.82 Å². The predicted molar refractivity (Wildman–Crippen MR) is 109 cm³/mol. The van der Waals surface area contributed by atoms with Crippen molar-refractivity contribution in [1.82, 2.24) is 34.7 Å². The molecule has 156 valence electrons. The van der Waals surface area contributed by atoms with E-state index in [2.05, 4.69) is 20.6 Å². The van der Waals surface area contributed by atoms with Crippen molar-refractivity contribution < 1.29 is 4.79 Å². The smallest absolute Gasteiger partial charge is 0.267 e. The van der Waals surface area contributed by atoms with Gasteiger partial charge in [0.05, 0.1) is 17.9 Å². The monoisotopic (exact) mass is 409 g/mol. The van der Waals surface area contributed by atoms with Crippen molar-refractivity contribution >= 4 is 5.91 Å². The molecule has 10 nitrogen and oxygen atoms in total. The van der Waals surface area contributed by atoms with E-state index in [1.807, 2.05) is 19.9 Å². The van der Waals surface area contributed by atoms with Crippen LogP contribution in [0.15, 0.2) is 39.9 Å². The van der Waals surface area contributed by atoms with Gasteiger partial charge in [-0.3, -0.25) is 14.4 Å². The number of hydrogen-bond donors (Lipinski definition) is 1. The normalized spacial score (nSPS) is 13.4. The number of carbonyl (C=O) groups excluding carboxylic acids is 1. The first-order valence-electron chi connectivity index (χ1n) is 9.87. The van der Waals surface area contributed by atoms with Crippen LogP contribution in [0.4, 0.5) is 0 Å². The summed E-state index contributed by atoms with van der Waals surface area (Å²) in [6, 6.07) is 8.13. The molecule has 4 rings (SSSR count). The quantitative estimate of drug-likeness (QED) is 0.600. The Morgan fingerprint density at radius 1 is 1.03 bits per heavy atom. The van der Waals surface area contributed by atoms with Gasteiger partial charge in [0, 0.05) is 30.3 Å². The SMILES string of the molecule is Cc1cc(C)n(-c2ccc(=O)n(CCNC(=O)Cn3nc(C4CC4)ccc3=O)n2)n1. The third kappa shape index (κ3) is 4.37. The number of rotatable bonds is 7. The molecule has 1 amide bonds. The van der Waals surface area contributed by atoms with Crippen molar-refractivity contribution in [2.24, 2.45) is 0 Å². The third-order valence-corrected chi connectivity index (χ3v) is 4.90. The highest BCUT2D eigenvalue weighted by molar-refractivity contribution is 5.75.